The van der Waals surface area contributed by atoms with Crippen molar-refractivity contribution in [1.82, 2.24) is 10.6 Å². The van der Waals surface area contributed by atoms with E-state index >= 15 is 0 Å². The molecular weight excluding hydrogens is 282 g/mol. The number of nitrogens with one attached hydrogen (secondary N) is 2. The summed E-state index contributed by atoms with van der Waals surface area (Å²) in [6.07, 6.45) is 0. The van der Waals surface area contributed by atoms with Gasteiger partial charge in [-0.05, 0) is 33.6 Å². The fourth-order valence-electron chi connectivity index (χ4n) is 1.62. The first-order valence-electron chi connectivity index (χ1n) is 4.66. The SMILES string of the molecule is Cl.Fc1cc([C@@H]2CNCCN2)ccc1Br. The Hall–Kier alpha value is -0.160. The maximum Gasteiger partial charge on any atom is 0.137 e. The highest BCUT2D eigenvalue weighted by atomic mass is 79.9. The highest BCUT2D eigenvalue weighted by molar-refractivity contribution is 9.10. The fourth-order valence-corrected chi connectivity index (χ4v) is 1.86. The van der Waals surface area contributed by atoms with E-state index in [1.54, 1.807) is 12.1 Å². The summed E-state index contributed by atoms with van der Waals surface area (Å²) in [6, 6.07) is 5.50. The Morgan fingerprint density at radius 3 is 2.73 bits per heavy atom. The first kappa shape index (κ1) is 12.9. The van der Waals surface area contributed by atoms with E-state index in [9.17, 15) is 4.39 Å². The van der Waals surface area contributed by atoms with Crippen LogP contribution in [0.4, 0.5) is 4.39 Å². The lowest BCUT2D eigenvalue weighted by Crippen LogP contribution is -2.42. The molecule has 0 amide bonds. The molecule has 1 saturated heterocycles. The van der Waals surface area contributed by atoms with Gasteiger partial charge in [-0.3, -0.25) is 0 Å². The van der Waals surface area contributed by atoms with Crippen molar-refractivity contribution in [2.24, 2.45) is 0 Å². The third kappa shape index (κ3) is 3.14. The molecule has 0 aliphatic carbocycles. The van der Waals surface area contributed by atoms with E-state index in [0.29, 0.717) is 4.47 Å². The average molecular weight is 296 g/mol. The van der Waals surface area contributed by atoms with E-state index in [0.717, 1.165) is 25.2 Å². The van der Waals surface area contributed by atoms with Gasteiger partial charge in [-0.15, -0.1) is 12.4 Å². The summed E-state index contributed by atoms with van der Waals surface area (Å²) in [5.41, 5.74) is 0.998. The zero-order chi connectivity index (χ0) is 9.97. The Kier molecular flexibility index (Phi) is 4.99. The van der Waals surface area contributed by atoms with Gasteiger partial charge in [-0.2, -0.15) is 0 Å². The van der Waals surface area contributed by atoms with Crippen LogP contribution < -0.4 is 10.6 Å². The molecular formula is C10H13BrClFN2. The average Bonchev–Trinajstić information content (AvgIpc) is 2.23. The van der Waals surface area contributed by atoms with Crippen LogP contribution in [0.3, 0.4) is 0 Å². The summed E-state index contributed by atoms with van der Waals surface area (Å²) >= 11 is 3.14. The third-order valence-electron chi connectivity index (χ3n) is 2.39. The van der Waals surface area contributed by atoms with Crippen LogP contribution in [-0.4, -0.2) is 19.6 Å². The topological polar surface area (TPSA) is 24.1 Å². The Labute approximate surface area is 103 Å². The van der Waals surface area contributed by atoms with E-state index in [2.05, 4.69) is 26.6 Å². The van der Waals surface area contributed by atoms with Crippen molar-refractivity contribution in [1.29, 1.82) is 0 Å². The molecule has 0 aromatic heterocycles. The second kappa shape index (κ2) is 5.80. The molecule has 1 aliphatic rings. The monoisotopic (exact) mass is 294 g/mol. The van der Waals surface area contributed by atoms with Gasteiger partial charge < -0.3 is 10.6 Å². The van der Waals surface area contributed by atoms with Crippen molar-refractivity contribution >= 4 is 28.3 Å². The van der Waals surface area contributed by atoms with E-state index < -0.39 is 0 Å². The molecule has 2 nitrogen and oxygen atoms in total. The lowest BCUT2D eigenvalue weighted by atomic mass is 10.1. The van der Waals surface area contributed by atoms with Gasteiger partial charge in [-0.25, -0.2) is 4.39 Å². The van der Waals surface area contributed by atoms with Gasteiger partial charge in [0.15, 0.2) is 0 Å². The largest absolute Gasteiger partial charge is 0.314 e. The van der Waals surface area contributed by atoms with Crippen LogP contribution in [0.1, 0.15) is 11.6 Å². The van der Waals surface area contributed by atoms with Crippen molar-refractivity contribution in [3.05, 3.63) is 34.1 Å². The predicted molar refractivity (Wildman–Crippen MR) is 65.0 cm³/mol. The molecule has 2 rings (SSSR count). The van der Waals surface area contributed by atoms with Crippen LogP contribution in [0, 0.1) is 5.82 Å². The highest BCUT2D eigenvalue weighted by Gasteiger charge is 2.14. The molecule has 5 heteroatoms. The quantitative estimate of drug-likeness (QED) is 0.830. The van der Waals surface area contributed by atoms with Crippen LogP contribution in [0.25, 0.3) is 0 Å². The number of hydrogen-bond acceptors (Lipinski definition) is 2. The van der Waals surface area contributed by atoms with Crippen LogP contribution in [-0.2, 0) is 0 Å². The van der Waals surface area contributed by atoms with Gasteiger partial charge in [0.2, 0.25) is 0 Å². The number of halogens is 3. The molecule has 84 valence electrons. The molecule has 1 aromatic rings. The summed E-state index contributed by atoms with van der Waals surface area (Å²) in [6.45, 7) is 2.78. The lowest BCUT2D eigenvalue weighted by molar-refractivity contribution is 0.428. The summed E-state index contributed by atoms with van der Waals surface area (Å²) in [4.78, 5) is 0. The van der Waals surface area contributed by atoms with Gasteiger partial charge in [0.1, 0.15) is 5.82 Å². The maximum atomic E-state index is 13.2. The zero-order valence-corrected chi connectivity index (χ0v) is 10.5. The number of rotatable bonds is 1. The summed E-state index contributed by atoms with van der Waals surface area (Å²) < 4.78 is 13.8. The van der Waals surface area contributed by atoms with Crippen molar-refractivity contribution in [2.45, 2.75) is 6.04 Å². The first-order chi connectivity index (χ1) is 6.77. The molecule has 0 unspecified atom stereocenters. The van der Waals surface area contributed by atoms with Crippen LogP contribution in [0.15, 0.2) is 22.7 Å². The smallest absolute Gasteiger partial charge is 0.137 e. The number of hydrogen-bond donors (Lipinski definition) is 2. The Balaban J connectivity index is 0.00000112. The molecule has 2 N–H and O–H groups in total. The molecule has 0 spiro atoms. The second-order valence-electron chi connectivity index (χ2n) is 3.38. The highest BCUT2D eigenvalue weighted by Crippen LogP contribution is 2.20. The molecule has 15 heavy (non-hydrogen) atoms. The minimum Gasteiger partial charge on any atom is -0.314 e. The third-order valence-corrected chi connectivity index (χ3v) is 3.03. The predicted octanol–water partition coefficient (Wildman–Crippen LogP) is 2.24. The van der Waals surface area contributed by atoms with Gasteiger partial charge >= 0.3 is 0 Å². The fraction of sp³-hybridized carbons (Fsp3) is 0.400. The lowest BCUT2D eigenvalue weighted by Gasteiger charge is -2.24. The molecule has 0 radical (unpaired) electrons. The van der Waals surface area contributed by atoms with E-state index in [4.69, 9.17) is 0 Å². The maximum absolute atomic E-state index is 13.2. The molecule has 1 aromatic carbocycles. The van der Waals surface area contributed by atoms with Gasteiger partial charge in [0.05, 0.1) is 4.47 Å². The van der Waals surface area contributed by atoms with Crippen molar-refractivity contribution in [2.75, 3.05) is 19.6 Å². The van der Waals surface area contributed by atoms with Crippen molar-refractivity contribution in [3.8, 4) is 0 Å². The zero-order valence-electron chi connectivity index (χ0n) is 8.09. The van der Waals surface area contributed by atoms with Gasteiger partial charge in [0, 0.05) is 25.7 Å². The van der Waals surface area contributed by atoms with E-state index in [-0.39, 0.29) is 24.3 Å². The number of benzene rings is 1. The second-order valence-corrected chi connectivity index (χ2v) is 4.24. The van der Waals surface area contributed by atoms with Gasteiger partial charge in [0.25, 0.3) is 0 Å². The Morgan fingerprint density at radius 1 is 1.33 bits per heavy atom. The summed E-state index contributed by atoms with van der Waals surface area (Å²) in [7, 11) is 0. The summed E-state index contributed by atoms with van der Waals surface area (Å²) in [5.74, 6) is -0.199. The molecule has 1 atom stereocenters. The van der Waals surface area contributed by atoms with E-state index in [1.165, 1.54) is 0 Å². The minimum absolute atomic E-state index is 0. The van der Waals surface area contributed by atoms with Crippen molar-refractivity contribution < 1.29 is 4.39 Å². The van der Waals surface area contributed by atoms with Crippen LogP contribution in [0.5, 0.6) is 0 Å². The normalized spacial score (nSPS) is 20.8. The van der Waals surface area contributed by atoms with Crippen LogP contribution >= 0.6 is 28.3 Å². The van der Waals surface area contributed by atoms with Gasteiger partial charge in [-0.1, -0.05) is 6.07 Å². The molecule has 1 heterocycles. The molecule has 0 saturated carbocycles. The molecule has 1 fully saturated rings. The Bertz CT molecular complexity index is 329. The molecule has 0 bridgehead atoms. The van der Waals surface area contributed by atoms with E-state index in [1.807, 2.05) is 6.07 Å². The standard InChI is InChI=1S/C10H12BrFN2.ClH/c11-8-2-1-7(5-9(8)12)10-6-13-3-4-14-10;/h1-2,5,10,13-14H,3-4,6H2;1H/t10-;/m0./s1. The first-order valence-corrected chi connectivity index (χ1v) is 5.46. The summed E-state index contributed by atoms with van der Waals surface area (Å²) in [5, 5.41) is 6.61. The minimum atomic E-state index is -0.199. The molecule has 1 aliphatic heterocycles. The Morgan fingerprint density at radius 2 is 2.13 bits per heavy atom. The van der Waals surface area contributed by atoms with Crippen molar-refractivity contribution in [3.63, 3.8) is 0 Å². The number of piperazine rings is 1. The van der Waals surface area contributed by atoms with Crippen LogP contribution in [0.2, 0.25) is 0 Å².